The van der Waals surface area contributed by atoms with E-state index in [4.69, 9.17) is 16.3 Å². The van der Waals surface area contributed by atoms with Crippen molar-refractivity contribution >= 4 is 38.4 Å². The molecule has 0 atom stereocenters. The monoisotopic (exact) mass is 363 g/mol. The van der Waals surface area contributed by atoms with E-state index in [1.165, 1.54) is 0 Å². The summed E-state index contributed by atoms with van der Waals surface area (Å²) in [7, 11) is 0. The van der Waals surface area contributed by atoms with Gasteiger partial charge in [0.15, 0.2) is 0 Å². The van der Waals surface area contributed by atoms with Gasteiger partial charge in [0.2, 0.25) is 5.88 Å². The van der Waals surface area contributed by atoms with Crippen LogP contribution in [0, 0.1) is 0 Å². The van der Waals surface area contributed by atoms with Crippen molar-refractivity contribution in [2.24, 2.45) is 0 Å². The number of aliphatic hydroxyl groups excluding tert-OH is 1. The minimum Gasteiger partial charge on any atom is -0.438 e. The number of fused-ring (bicyclic) bond motifs is 1. The minimum absolute atomic E-state index is 0.0683. The highest BCUT2D eigenvalue weighted by atomic mass is 79.9. The molecule has 0 fully saturated rings. The smallest absolute Gasteiger partial charge is 0.220 e. The third-order valence-corrected chi connectivity index (χ3v) is 3.91. The Morgan fingerprint density at radius 1 is 1.14 bits per heavy atom. The lowest BCUT2D eigenvalue weighted by molar-refractivity contribution is 0.282. The van der Waals surface area contributed by atoms with Crippen LogP contribution in [-0.4, -0.2) is 10.1 Å². The molecule has 5 heteroatoms. The Morgan fingerprint density at radius 2 is 1.95 bits per heavy atom. The van der Waals surface area contributed by atoms with Gasteiger partial charge in [-0.2, -0.15) is 0 Å². The summed E-state index contributed by atoms with van der Waals surface area (Å²) in [5, 5.41) is 11.0. The summed E-state index contributed by atoms with van der Waals surface area (Å²) >= 11 is 9.31. The van der Waals surface area contributed by atoms with Gasteiger partial charge in [-0.25, -0.2) is 4.98 Å². The van der Waals surface area contributed by atoms with Crippen molar-refractivity contribution in [1.82, 2.24) is 4.98 Å². The Bertz CT molecular complexity index is 807. The Hall–Kier alpha value is -1.62. The highest BCUT2D eigenvalue weighted by molar-refractivity contribution is 9.10. The van der Waals surface area contributed by atoms with E-state index in [2.05, 4.69) is 20.9 Å². The van der Waals surface area contributed by atoms with Crippen molar-refractivity contribution in [3.63, 3.8) is 0 Å². The fraction of sp³-hybridized carbons (Fsp3) is 0.0625. The molecule has 0 saturated carbocycles. The minimum atomic E-state index is -0.0683. The highest BCUT2D eigenvalue weighted by Gasteiger charge is 2.09. The van der Waals surface area contributed by atoms with E-state index in [0.717, 1.165) is 20.9 Å². The molecular formula is C16H11BrClNO2. The molecule has 3 rings (SSSR count). The zero-order chi connectivity index (χ0) is 14.8. The van der Waals surface area contributed by atoms with E-state index in [-0.39, 0.29) is 6.61 Å². The van der Waals surface area contributed by atoms with E-state index >= 15 is 0 Å². The summed E-state index contributed by atoms with van der Waals surface area (Å²) in [5.74, 6) is 1.05. The molecule has 0 saturated heterocycles. The lowest BCUT2D eigenvalue weighted by atomic mass is 10.1. The van der Waals surface area contributed by atoms with Gasteiger partial charge in [0.1, 0.15) is 5.75 Å². The van der Waals surface area contributed by atoms with Crippen LogP contribution in [-0.2, 0) is 6.61 Å². The van der Waals surface area contributed by atoms with Crippen LogP contribution in [0.5, 0.6) is 11.6 Å². The van der Waals surface area contributed by atoms with Crippen LogP contribution in [0.3, 0.4) is 0 Å². The molecular weight excluding hydrogens is 354 g/mol. The lowest BCUT2D eigenvalue weighted by Gasteiger charge is -2.10. The van der Waals surface area contributed by atoms with E-state index in [0.29, 0.717) is 16.7 Å². The van der Waals surface area contributed by atoms with Crippen molar-refractivity contribution in [2.75, 3.05) is 0 Å². The van der Waals surface area contributed by atoms with E-state index in [1.54, 1.807) is 24.3 Å². The quantitative estimate of drug-likeness (QED) is 0.716. The molecule has 1 heterocycles. The fourth-order valence-corrected chi connectivity index (χ4v) is 2.84. The summed E-state index contributed by atoms with van der Waals surface area (Å²) in [5.41, 5.74) is 1.56. The van der Waals surface area contributed by atoms with Gasteiger partial charge in [-0.15, -0.1) is 0 Å². The van der Waals surface area contributed by atoms with Gasteiger partial charge in [-0.3, -0.25) is 0 Å². The van der Waals surface area contributed by atoms with Gasteiger partial charge < -0.3 is 9.84 Å². The Kier molecular flexibility index (Phi) is 4.10. The predicted molar refractivity (Wildman–Crippen MR) is 86.9 cm³/mol. The number of halogens is 2. The Labute approximate surface area is 135 Å². The molecule has 3 aromatic rings. The molecule has 3 nitrogen and oxygen atoms in total. The largest absolute Gasteiger partial charge is 0.438 e. The Morgan fingerprint density at radius 3 is 2.71 bits per heavy atom. The first-order chi connectivity index (χ1) is 10.2. The molecule has 0 bridgehead atoms. The molecule has 0 unspecified atom stereocenters. The van der Waals surface area contributed by atoms with Crippen molar-refractivity contribution in [1.29, 1.82) is 0 Å². The predicted octanol–water partition coefficient (Wildman–Crippen LogP) is 4.94. The number of aromatic nitrogens is 1. The first-order valence-corrected chi connectivity index (χ1v) is 7.47. The fourth-order valence-electron chi connectivity index (χ4n) is 2.07. The second-order valence-corrected chi connectivity index (χ2v) is 5.76. The normalized spacial score (nSPS) is 10.8. The van der Waals surface area contributed by atoms with Gasteiger partial charge in [-0.05, 0) is 45.8 Å². The van der Waals surface area contributed by atoms with Crippen LogP contribution in [0.4, 0.5) is 0 Å². The number of pyridine rings is 1. The molecule has 21 heavy (non-hydrogen) atoms. The molecule has 0 amide bonds. The summed E-state index contributed by atoms with van der Waals surface area (Å²) in [6, 6.07) is 14.6. The molecule has 0 radical (unpaired) electrons. The van der Waals surface area contributed by atoms with Crippen LogP contribution >= 0.6 is 27.5 Å². The number of benzene rings is 2. The number of hydrogen-bond acceptors (Lipinski definition) is 3. The number of para-hydroxylation sites is 1. The molecule has 2 aromatic carbocycles. The molecule has 0 aliphatic rings. The van der Waals surface area contributed by atoms with Gasteiger partial charge in [0.05, 0.1) is 16.6 Å². The van der Waals surface area contributed by atoms with Crippen LogP contribution < -0.4 is 4.74 Å². The molecule has 1 N–H and O–H groups in total. The van der Waals surface area contributed by atoms with Crippen LogP contribution in [0.15, 0.2) is 53.0 Å². The Balaban J connectivity index is 2.04. The maximum atomic E-state index is 9.51. The van der Waals surface area contributed by atoms with Crippen molar-refractivity contribution in [2.45, 2.75) is 6.61 Å². The second kappa shape index (κ2) is 6.02. The van der Waals surface area contributed by atoms with Gasteiger partial charge in [0, 0.05) is 16.5 Å². The summed E-state index contributed by atoms with van der Waals surface area (Å²) in [4.78, 5) is 4.46. The van der Waals surface area contributed by atoms with Gasteiger partial charge >= 0.3 is 0 Å². The van der Waals surface area contributed by atoms with Gasteiger partial charge in [-0.1, -0.05) is 29.8 Å². The lowest BCUT2D eigenvalue weighted by Crippen LogP contribution is -1.94. The summed E-state index contributed by atoms with van der Waals surface area (Å²) in [6.07, 6.45) is 0. The summed E-state index contributed by atoms with van der Waals surface area (Å²) < 4.78 is 6.53. The standard InChI is InChI=1S/C16H11BrClNO2/c17-13-8-11(18)5-6-15(13)21-16-7-10(9-20)12-3-1-2-4-14(12)19-16/h1-8,20H,9H2. The SMILES string of the molecule is OCc1cc(Oc2ccc(Cl)cc2Br)nc2ccccc12. The third-order valence-electron chi connectivity index (χ3n) is 3.06. The number of aliphatic hydroxyl groups is 1. The average molecular weight is 365 g/mol. The number of hydrogen-bond donors (Lipinski definition) is 1. The molecule has 1 aromatic heterocycles. The van der Waals surface area contributed by atoms with E-state index in [1.807, 2.05) is 24.3 Å². The first kappa shape index (κ1) is 14.3. The van der Waals surface area contributed by atoms with Crippen molar-refractivity contribution in [3.8, 4) is 11.6 Å². The molecule has 0 aliphatic heterocycles. The van der Waals surface area contributed by atoms with Crippen molar-refractivity contribution < 1.29 is 9.84 Å². The van der Waals surface area contributed by atoms with Crippen LogP contribution in [0.25, 0.3) is 10.9 Å². The molecule has 0 aliphatic carbocycles. The second-order valence-electron chi connectivity index (χ2n) is 4.47. The first-order valence-electron chi connectivity index (χ1n) is 6.30. The van der Waals surface area contributed by atoms with Crippen LogP contribution in [0.1, 0.15) is 5.56 Å². The highest BCUT2D eigenvalue weighted by Crippen LogP contribution is 2.32. The zero-order valence-electron chi connectivity index (χ0n) is 10.9. The third kappa shape index (κ3) is 3.02. The summed E-state index contributed by atoms with van der Waals surface area (Å²) in [6.45, 7) is -0.0683. The van der Waals surface area contributed by atoms with E-state index < -0.39 is 0 Å². The zero-order valence-corrected chi connectivity index (χ0v) is 13.2. The molecule has 0 spiro atoms. The van der Waals surface area contributed by atoms with Crippen LogP contribution in [0.2, 0.25) is 5.02 Å². The molecule has 106 valence electrons. The average Bonchev–Trinajstić information content (AvgIpc) is 2.49. The maximum Gasteiger partial charge on any atom is 0.220 e. The topological polar surface area (TPSA) is 42.4 Å². The van der Waals surface area contributed by atoms with Gasteiger partial charge in [0.25, 0.3) is 0 Å². The number of nitrogens with zero attached hydrogens (tertiary/aromatic N) is 1. The van der Waals surface area contributed by atoms with Crippen molar-refractivity contribution in [3.05, 3.63) is 63.6 Å². The van der Waals surface area contributed by atoms with E-state index in [9.17, 15) is 5.11 Å². The maximum absolute atomic E-state index is 9.51. The number of ether oxygens (including phenoxy) is 1. The number of rotatable bonds is 3.